The highest BCUT2D eigenvalue weighted by atomic mass is 19.4. The molecular formula is C27H24F3N3O4. The average molecular weight is 512 g/mol. The minimum Gasteiger partial charge on any atom is -0.475 e. The van der Waals surface area contributed by atoms with Gasteiger partial charge in [-0.05, 0) is 30.3 Å². The van der Waals surface area contributed by atoms with Crippen LogP contribution in [-0.2, 0) is 4.79 Å². The number of aromatic nitrogens is 1. The van der Waals surface area contributed by atoms with E-state index in [9.17, 15) is 18.0 Å². The van der Waals surface area contributed by atoms with Gasteiger partial charge < -0.3 is 20.1 Å². The van der Waals surface area contributed by atoms with E-state index in [1.54, 1.807) is 0 Å². The summed E-state index contributed by atoms with van der Waals surface area (Å²) < 4.78 is 40.2. The Morgan fingerprint density at radius 2 is 1.38 bits per heavy atom. The molecular weight excluding hydrogens is 487 g/mol. The smallest absolute Gasteiger partial charge is 0.475 e. The maximum Gasteiger partial charge on any atom is 0.490 e. The molecule has 1 aromatic heterocycles. The zero-order chi connectivity index (χ0) is 26.4. The maximum atomic E-state index is 13.7. The third-order valence-electron chi connectivity index (χ3n) is 5.66. The van der Waals surface area contributed by atoms with Crippen LogP contribution < -0.4 is 10.1 Å². The highest BCUT2D eigenvalue weighted by Gasteiger charge is 2.38. The summed E-state index contributed by atoms with van der Waals surface area (Å²) in [7, 11) is 0. The van der Waals surface area contributed by atoms with Crippen LogP contribution in [0.15, 0.2) is 84.9 Å². The maximum absolute atomic E-state index is 13.7. The number of alkyl halides is 3. The Balaban J connectivity index is 0.000000405. The Labute approximate surface area is 210 Å². The van der Waals surface area contributed by atoms with Gasteiger partial charge in [0.2, 0.25) is 5.88 Å². The minimum absolute atomic E-state index is 0.00770. The summed E-state index contributed by atoms with van der Waals surface area (Å²) in [5.41, 5.74) is 2.52. The third kappa shape index (κ3) is 5.92. The van der Waals surface area contributed by atoms with Gasteiger partial charge in [0.05, 0.1) is 5.52 Å². The van der Waals surface area contributed by atoms with Crippen LogP contribution in [0.5, 0.6) is 11.6 Å². The van der Waals surface area contributed by atoms with Gasteiger partial charge in [-0.3, -0.25) is 9.36 Å². The number of para-hydroxylation sites is 3. The molecule has 2 heterocycles. The fourth-order valence-corrected chi connectivity index (χ4v) is 3.98. The lowest BCUT2D eigenvalue weighted by Gasteiger charge is -2.27. The summed E-state index contributed by atoms with van der Waals surface area (Å²) in [6.07, 6.45) is -5.08. The molecule has 4 aromatic rings. The van der Waals surface area contributed by atoms with E-state index in [0.29, 0.717) is 30.3 Å². The third-order valence-corrected chi connectivity index (χ3v) is 5.66. The van der Waals surface area contributed by atoms with E-state index in [1.165, 1.54) is 0 Å². The fraction of sp³-hybridized carbons (Fsp3) is 0.185. The van der Waals surface area contributed by atoms with Gasteiger partial charge in [0.25, 0.3) is 5.91 Å². The number of nitrogens with zero attached hydrogens (tertiary/aromatic N) is 2. The van der Waals surface area contributed by atoms with Gasteiger partial charge in [0, 0.05) is 37.3 Å². The Bertz CT molecular complexity index is 1370. The van der Waals surface area contributed by atoms with Crippen molar-refractivity contribution >= 4 is 22.8 Å². The molecule has 0 bridgehead atoms. The topological polar surface area (TPSA) is 83.8 Å². The first-order valence-corrected chi connectivity index (χ1v) is 11.5. The predicted molar refractivity (Wildman–Crippen MR) is 132 cm³/mol. The normalized spacial score (nSPS) is 13.5. The molecule has 1 amide bonds. The monoisotopic (exact) mass is 511 g/mol. The molecule has 1 aliphatic rings. The highest BCUT2D eigenvalue weighted by molar-refractivity contribution is 6.10. The van der Waals surface area contributed by atoms with Crippen LogP contribution in [0.3, 0.4) is 0 Å². The van der Waals surface area contributed by atoms with Crippen molar-refractivity contribution in [2.45, 2.75) is 6.18 Å². The zero-order valence-corrected chi connectivity index (χ0v) is 19.6. The van der Waals surface area contributed by atoms with Crippen LogP contribution in [0.25, 0.3) is 16.6 Å². The Kier molecular flexibility index (Phi) is 7.78. The summed E-state index contributed by atoms with van der Waals surface area (Å²) in [5, 5.41) is 11.3. The number of rotatable bonds is 4. The van der Waals surface area contributed by atoms with Crippen LogP contribution in [0.4, 0.5) is 13.2 Å². The van der Waals surface area contributed by atoms with Crippen LogP contribution >= 0.6 is 0 Å². The number of piperazine rings is 1. The summed E-state index contributed by atoms with van der Waals surface area (Å²) >= 11 is 0. The number of fused-ring (bicyclic) bond motifs is 1. The second kappa shape index (κ2) is 11.2. The molecule has 0 unspecified atom stereocenters. The second-order valence-corrected chi connectivity index (χ2v) is 8.13. The van der Waals surface area contributed by atoms with Crippen LogP contribution in [0, 0.1) is 0 Å². The lowest BCUT2D eigenvalue weighted by atomic mass is 10.1. The molecule has 10 heteroatoms. The molecule has 0 radical (unpaired) electrons. The number of hydrogen-bond donors (Lipinski definition) is 2. The number of nitrogens with one attached hydrogen (secondary N) is 1. The van der Waals surface area contributed by atoms with Crippen LogP contribution in [0.2, 0.25) is 0 Å². The van der Waals surface area contributed by atoms with Crippen molar-refractivity contribution in [2.75, 3.05) is 26.2 Å². The van der Waals surface area contributed by atoms with E-state index in [2.05, 4.69) is 5.32 Å². The first-order valence-electron chi connectivity index (χ1n) is 11.5. The number of hydrogen-bond acceptors (Lipinski definition) is 4. The molecule has 1 fully saturated rings. The summed E-state index contributed by atoms with van der Waals surface area (Å²) in [5.74, 6) is -1.50. The molecule has 1 saturated heterocycles. The van der Waals surface area contributed by atoms with Gasteiger partial charge in [-0.25, -0.2) is 4.79 Å². The average Bonchev–Trinajstić information content (AvgIpc) is 3.23. The van der Waals surface area contributed by atoms with Gasteiger partial charge in [0.15, 0.2) is 0 Å². The molecule has 37 heavy (non-hydrogen) atoms. The number of halogens is 3. The number of carbonyl (C=O) groups is 2. The summed E-state index contributed by atoms with van der Waals surface area (Å²) in [6.45, 7) is 2.98. The van der Waals surface area contributed by atoms with Crippen molar-refractivity contribution in [3.05, 3.63) is 90.5 Å². The van der Waals surface area contributed by atoms with E-state index in [-0.39, 0.29) is 5.91 Å². The second-order valence-electron chi connectivity index (χ2n) is 8.13. The van der Waals surface area contributed by atoms with E-state index < -0.39 is 12.1 Å². The van der Waals surface area contributed by atoms with Gasteiger partial charge >= 0.3 is 12.1 Å². The number of carboxylic acids is 1. The number of carboxylic acid groups (broad SMARTS) is 1. The SMILES string of the molecule is O=C(O)C(F)(F)F.O=C(c1c(Oc2ccccc2)n(-c2ccccc2)c2ccccc12)N1CCNCC1. The van der Waals surface area contributed by atoms with Gasteiger partial charge in [-0.2, -0.15) is 13.2 Å². The largest absolute Gasteiger partial charge is 0.490 e. The van der Waals surface area contributed by atoms with Crippen molar-refractivity contribution in [2.24, 2.45) is 0 Å². The predicted octanol–water partition coefficient (Wildman–Crippen LogP) is 5.10. The fourth-order valence-electron chi connectivity index (χ4n) is 3.98. The van der Waals surface area contributed by atoms with Gasteiger partial charge in [-0.15, -0.1) is 0 Å². The quantitative estimate of drug-likeness (QED) is 0.398. The van der Waals surface area contributed by atoms with Crippen molar-refractivity contribution in [3.63, 3.8) is 0 Å². The van der Waals surface area contributed by atoms with Gasteiger partial charge in [-0.1, -0.05) is 54.6 Å². The molecule has 1 aliphatic heterocycles. The van der Waals surface area contributed by atoms with Crippen molar-refractivity contribution < 1.29 is 32.6 Å². The molecule has 0 aliphatic carbocycles. The molecule has 0 saturated carbocycles. The van der Waals surface area contributed by atoms with E-state index >= 15 is 0 Å². The standard InChI is InChI=1S/C25H23N3O2.C2HF3O2/c29-24(27-17-15-26-16-18-27)23-21-13-7-8-14-22(21)28(19-9-3-1-4-10-19)25(23)30-20-11-5-2-6-12-20;3-2(4,5)1(6)7/h1-14,26H,15-18H2;(H,6,7). The van der Waals surface area contributed by atoms with E-state index in [0.717, 1.165) is 29.7 Å². The zero-order valence-electron chi connectivity index (χ0n) is 19.6. The van der Waals surface area contributed by atoms with Crippen molar-refractivity contribution in [1.29, 1.82) is 0 Å². The lowest BCUT2D eigenvalue weighted by Crippen LogP contribution is -2.46. The van der Waals surface area contributed by atoms with Crippen LogP contribution in [0.1, 0.15) is 10.4 Å². The van der Waals surface area contributed by atoms with Crippen LogP contribution in [-0.4, -0.2) is 58.8 Å². The highest BCUT2D eigenvalue weighted by Crippen LogP contribution is 2.38. The van der Waals surface area contributed by atoms with Crippen molar-refractivity contribution in [1.82, 2.24) is 14.8 Å². The molecule has 192 valence electrons. The number of aliphatic carboxylic acids is 1. The Morgan fingerprint density at radius 3 is 1.97 bits per heavy atom. The van der Waals surface area contributed by atoms with E-state index in [1.807, 2.05) is 94.4 Å². The minimum atomic E-state index is -5.08. The molecule has 7 nitrogen and oxygen atoms in total. The first-order chi connectivity index (χ1) is 17.8. The lowest BCUT2D eigenvalue weighted by molar-refractivity contribution is -0.192. The Hall–Kier alpha value is -4.31. The Morgan fingerprint density at radius 1 is 0.838 bits per heavy atom. The molecule has 5 rings (SSSR count). The number of ether oxygens (including phenoxy) is 1. The number of benzene rings is 3. The van der Waals surface area contributed by atoms with Gasteiger partial charge in [0.1, 0.15) is 11.3 Å². The summed E-state index contributed by atoms with van der Waals surface area (Å²) in [6, 6.07) is 27.7. The molecule has 0 atom stereocenters. The van der Waals surface area contributed by atoms with Crippen molar-refractivity contribution in [3.8, 4) is 17.3 Å². The molecule has 0 spiro atoms. The molecule has 2 N–H and O–H groups in total. The first kappa shape index (κ1) is 25.8. The summed E-state index contributed by atoms with van der Waals surface area (Å²) in [4.78, 5) is 24.5. The van der Waals surface area contributed by atoms with E-state index in [4.69, 9.17) is 14.6 Å². The number of carbonyl (C=O) groups excluding carboxylic acids is 1. The molecule has 3 aromatic carbocycles. The number of amides is 1.